The standard InChI is InChI=1S/C26H32FN5O6S/c1-2-37-24(33)16-39(35,36)32(15-19(27)13-17-4-3-5-18(12-17)25(28)29)20-6-7-23(22(14-20)26(30)34)38-21-8-10-31-11-9-21/h3-7,12-14,21,31H,2,8-11,15-16H2,1H3,(H3,28,29)(H2,30,34)/b19-13-. The molecule has 2 aromatic rings. The highest BCUT2D eigenvalue weighted by Gasteiger charge is 2.29. The second-order valence-electron chi connectivity index (χ2n) is 8.81. The van der Waals surface area contributed by atoms with E-state index in [0.29, 0.717) is 28.3 Å². The van der Waals surface area contributed by atoms with Gasteiger partial charge in [-0.25, -0.2) is 12.8 Å². The molecule has 3 rings (SSSR count). The van der Waals surface area contributed by atoms with Crippen molar-refractivity contribution in [2.45, 2.75) is 25.9 Å². The zero-order valence-corrected chi connectivity index (χ0v) is 22.3. The molecule has 2 aromatic carbocycles. The summed E-state index contributed by atoms with van der Waals surface area (Å²) in [5.41, 5.74) is 11.6. The molecule has 13 heteroatoms. The van der Waals surface area contributed by atoms with Crippen molar-refractivity contribution in [1.82, 2.24) is 5.32 Å². The number of primary amides is 1. The van der Waals surface area contributed by atoms with Gasteiger partial charge in [-0.3, -0.25) is 19.3 Å². The van der Waals surface area contributed by atoms with E-state index in [0.717, 1.165) is 19.2 Å². The Morgan fingerprint density at radius 2 is 1.90 bits per heavy atom. The predicted octanol–water partition coefficient (Wildman–Crippen LogP) is 1.91. The molecule has 39 heavy (non-hydrogen) atoms. The van der Waals surface area contributed by atoms with E-state index < -0.39 is 40.0 Å². The maximum Gasteiger partial charge on any atom is 0.323 e. The maximum absolute atomic E-state index is 15.3. The van der Waals surface area contributed by atoms with Crippen LogP contribution < -0.4 is 25.8 Å². The number of esters is 1. The summed E-state index contributed by atoms with van der Waals surface area (Å²) in [4.78, 5) is 24.3. The molecule has 0 atom stereocenters. The first-order valence-electron chi connectivity index (χ1n) is 12.3. The lowest BCUT2D eigenvalue weighted by Gasteiger charge is -2.27. The number of ether oxygens (including phenoxy) is 2. The van der Waals surface area contributed by atoms with E-state index >= 15 is 4.39 Å². The van der Waals surface area contributed by atoms with Gasteiger partial charge >= 0.3 is 5.97 Å². The Labute approximate surface area is 226 Å². The first-order chi connectivity index (χ1) is 18.5. The number of amidine groups is 1. The zero-order chi connectivity index (χ0) is 28.6. The Hall–Kier alpha value is -3.97. The smallest absolute Gasteiger partial charge is 0.323 e. The quantitative estimate of drug-likeness (QED) is 0.172. The first kappa shape index (κ1) is 29.6. The Morgan fingerprint density at radius 3 is 2.54 bits per heavy atom. The van der Waals surface area contributed by atoms with Gasteiger partial charge in [0.05, 0.1) is 24.4 Å². The van der Waals surface area contributed by atoms with E-state index in [4.69, 9.17) is 26.4 Å². The van der Waals surface area contributed by atoms with Crippen molar-refractivity contribution >= 4 is 39.5 Å². The topological polar surface area (TPSA) is 178 Å². The highest BCUT2D eigenvalue weighted by atomic mass is 32.2. The molecular weight excluding hydrogens is 529 g/mol. The molecule has 0 saturated carbocycles. The van der Waals surface area contributed by atoms with E-state index in [9.17, 15) is 18.0 Å². The fourth-order valence-electron chi connectivity index (χ4n) is 4.00. The second kappa shape index (κ2) is 13.2. The van der Waals surface area contributed by atoms with E-state index in [1.807, 2.05) is 0 Å². The van der Waals surface area contributed by atoms with E-state index in [2.05, 4.69) is 5.32 Å². The maximum atomic E-state index is 15.3. The molecular formula is C26H32FN5O6S. The summed E-state index contributed by atoms with van der Waals surface area (Å²) in [5, 5.41) is 10.8. The Kier molecular flexibility index (Phi) is 10.0. The fourth-order valence-corrected chi connectivity index (χ4v) is 5.29. The Morgan fingerprint density at radius 1 is 1.18 bits per heavy atom. The number of nitrogens with one attached hydrogen (secondary N) is 2. The van der Waals surface area contributed by atoms with Crippen LogP contribution in [0.15, 0.2) is 48.3 Å². The molecule has 11 nitrogen and oxygen atoms in total. The summed E-state index contributed by atoms with van der Waals surface area (Å²) in [5.74, 6) is -3.83. The first-order valence-corrected chi connectivity index (χ1v) is 13.9. The normalized spacial score (nSPS) is 14.5. The Balaban J connectivity index is 1.99. The van der Waals surface area contributed by atoms with Crippen LogP contribution in [0.4, 0.5) is 10.1 Å². The molecule has 0 bridgehead atoms. The van der Waals surface area contributed by atoms with E-state index in [1.54, 1.807) is 18.2 Å². The summed E-state index contributed by atoms with van der Waals surface area (Å²) in [7, 11) is -4.47. The lowest BCUT2D eigenvalue weighted by atomic mass is 10.1. The number of hydrogen-bond donors (Lipinski definition) is 4. The summed E-state index contributed by atoms with van der Waals surface area (Å²) in [6.07, 6.45) is 2.34. The third-order valence-electron chi connectivity index (χ3n) is 5.85. The molecule has 1 aliphatic heterocycles. The van der Waals surface area contributed by atoms with Gasteiger partial charge in [0.1, 0.15) is 23.5 Å². The number of rotatable bonds is 12. The second-order valence-corrected chi connectivity index (χ2v) is 10.7. The monoisotopic (exact) mass is 561 g/mol. The lowest BCUT2D eigenvalue weighted by molar-refractivity contribution is -0.139. The molecule has 0 radical (unpaired) electrons. The number of benzene rings is 2. The summed E-state index contributed by atoms with van der Waals surface area (Å²) >= 11 is 0. The van der Waals surface area contributed by atoms with Crippen molar-refractivity contribution in [2.75, 3.05) is 36.3 Å². The zero-order valence-electron chi connectivity index (χ0n) is 21.5. The van der Waals surface area contributed by atoms with Crippen molar-refractivity contribution in [2.24, 2.45) is 11.5 Å². The largest absolute Gasteiger partial charge is 0.489 e. The number of piperidine rings is 1. The van der Waals surface area contributed by atoms with Crippen molar-refractivity contribution in [3.8, 4) is 5.75 Å². The van der Waals surface area contributed by atoms with Crippen LogP contribution in [0.1, 0.15) is 41.3 Å². The van der Waals surface area contributed by atoms with Crippen LogP contribution >= 0.6 is 0 Å². The number of amides is 1. The van der Waals surface area contributed by atoms with Crippen LogP contribution in [0, 0.1) is 5.41 Å². The highest BCUT2D eigenvalue weighted by molar-refractivity contribution is 7.93. The molecule has 1 heterocycles. The minimum absolute atomic E-state index is 0.0380. The van der Waals surface area contributed by atoms with Crippen LogP contribution in [0.2, 0.25) is 0 Å². The molecule has 1 amide bonds. The summed E-state index contributed by atoms with van der Waals surface area (Å²) in [6.45, 7) is 2.19. The number of nitrogens with zero attached hydrogens (tertiary/aromatic N) is 1. The average molecular weight is 562 g/mol. The average Bonchev–Trinajstić information content (AvgIpc) is 2.88. The summed E-state index contributed by atoms with van der Waals surface area (Å²) < 4.78 is 53.2. The fraction of sp³-hybridized carbons (Fsp3) is 0.346. The van der Waals surface area contributed by atoms with Gasteiger partial charge in [0.15, 0.2) is 5.75 Å². The van der Waals surface area contributed by atoms with Gasteiger partial charge in [-0.05, 0) is 68.8 Å². The lowest BCUT2D eigenvalue weighted by Crippen LogP contribution is -2.37. The van der Waals surface area contributed by atoms with Crippen LogP contribution in [0.25, 0.3) is 6.08 Å². The minimum atomic E-state index is -4.47. The predicted molar refractivity (Wildman–Crippen MR) is 146 cm³/mol. The SMILES string of the molecule is CCOC(=O)CS(=O)(=O)N(C/C(F)=C/c1cccc(C(=N)N)c1)c1ccc(OC2CCNCC2)c(C(N)=O)c1. The molecule has 0 aliphatic carbocycles. The third kappa shape index (κ3) is 8.26. The van der Waals surface area contributed by atoms with Crippen LogP contribution in [0.5, 0.6) is 5.75 Å². The van der Waals surface area contributed by atoms with Crippen molar-refractivity contribution in [1.29, 1.82) is 5.41 Å². The number of hydrogen-bond acceptors (Lipinski definition) is 8. The highest BCUT2D eigenvalue weighted by Crippen LogP contribution is 2.30. The van der Waals surface area contributed by atoms with Gasteiger partial charge in [0.2, 0.25) is 10.0 Å². The molecule has 1 aliphatic rings. The van der Waals surface area contributed by atoms with E-state index in [1.165, 1.54) is 31.2 Å². The Bertz CT molecular complexity index is 1360. The van der Waals surface area contributed by atoms with Gasteiger partial charge in [-0.1, -0.05) is 18.2 Å². The van der Waals surface area contributed by atoms with Crippen molar-refractivity contribution in [3.63, 3.8) is 0 Å². The van der Waals surface area contributed by atoms with Crippen LogP contribution in [-0.2, 0) is 19.6 Å². The molecule has 6 N–H and O–H groups in total. The number of halogens is 1. The number of anilines is 1. The van der Waals surface area contributed by atoms with Crippen molar-refractivity contribution < 1.29 is 31.9 Å². The number of carbonyl (C=O) groups is 2. The van der Waals surface area contributed by atoms with Gasteiger partial charge in [0.25, 0.3) is 5.91 Å². The van der Waals surface area contributed by atoms with Gasteiger partial charge in [-0.2, -0.15) is 0 Å². The molecule has 210 valence electrons. The summed E-state index contributed by atoms with van der Waals surface area (Å²) in [6, 6.07) is 10.1. The van der Waals surface area contributed by atoms with Gasteiger partial charge in [0, 0.05) is 5.56 Å². The van der Waals surface area contributed by atoms with Crippen LogP contribution in [0.3, 0.4) is 0 Å². The van der Waals surface area contributed by atoms with Gasteiger partial charge < -0.3 is 26.3 Å². The molecule has 0 spiro atoms. The molecule has 0 unspecified atom stereocenters. The van der Waals surface area contributed by atoms with Crippen molar-refractivity contribution in [3.05, 3.63) is 65.0 Å². The van der Waals surface area contributed by atoms with Gasteiger partial charge in [-0.15, -0.1) is 0 Å². The number of nitrogens with two attached hydrogens (primary N) is 2. The third-order valence-corrected chi connectivity index (χ3v) is 7.47. The minimum Gasteiger partial charge on any atom is -0.489 e. The number of nitrogen functional groups attached to an aromatic ring is 1. The molecule has 1 fully saturated rings. The number of sulfonamides is 1. The molecule has 0 aromatic heterocycles. The number of carbonyl (C=O) groups excluding carboxylic acids is 2. The molecule has 1 saturated heterocycles. The van der Waals surface area contributed by atoms with Crippen LogP contribution in [-0.4, -0.2) is 64.2 Å². The van der Waals surface area contributed by atoms with E-state index in [-0.39, 0.29) is 35.5 Å².